The summed E-state index contributed by atoms with van der Waals surface area (Å²) in [4.78, 5) is 2.62. The van der Waals surface area contributed by atoms with Gasteiger partial charge in [-0.1, -0.05) is 27.7 Å². The smallest absolute Gasteiger partial charge is 0.0589 e. The molecule has 2 nitrogen and oxygen atoms in total. The van der Waals surface area contributed by atoms with E-state index in [4.69, 9.17) is 4.74 Å². The van der Waals surface area contributed by atoms with Crippen molar-refractivity contribution in [3.05, 3.63) is 0 Å². The molecule has 0 spiro atoms. The van der Waals surface area contributed by atoms with E-state index in [2.05, 4.69) is 45.2 Å². The topological polar surface area (TPSA) is 12.5 Å². The van der Waals surface area contributed by atoms with E-state index >= 15 is 0 Å². The van der Waals surface area contributed by atoms with E-state index < -0.39 is 0 Å². The zero-order valence-corrected chi connectivity index (χ0v) is 13.9. The number of rotatable bonds is 11. The van der Waals surface area contributed by atoms with Gasteiger partial charge in [0.1, 0.15) is 0 Å². The van der Waals surface area contributed by atoms with Crippen LogP contribution in [0.3, 0.4) is 0 Å². The van der Waals surface area contributed by atoms with Crippen LogP contribution in [0.1, 0.15) is 53.4 Å². The van der Waals surface area contributed by atoms with E-state index in [1.54, 1.807) is 7.11 Å². The summed E-state index contributed by atoms with van der Waals surface area (Å²) in [7, 11) is 1.79. The van der Waals surface area contributed by atoms with Gasteiger partial charge in [0.25, 0.3) is 0 Å². The van der Waals surface area contributed by atoms with Crippen molar-refractivity contribution >= 4 is 12.6 Å². The van der Waals surface area contributed by atoms with E-state index in [1.165, 1.54) is 25.7 Å². The minimum absolute atomic E-state index is 0.361. The highest BCUT2D eigenvalue weighted by atomic mass is 32.1. The third kappa shape index (κ3) is 5.50. The summed E-state index contributed by atoms with van der Waals surface area (Å²) in [5.74, 6) is 0.976. The maximum Gasteiger partial charge on any atom is 0.0589 e. The number of thiol groups is 1. The van der Waals surface area contributed by atoms with Crippen molar-refractivity contribution in [2.45, 2.75) is 59.4 Å². The molecule has 0 aliphatic rings. The Morgan fingerprint density at radius 2 is 1.67 bits per heavy atom. The van der Waals surface area contributed by atoms with Crippen molar-refractivity contribution in [3.63, 3.8) is 0 Å². The van der Waals surface area contributed by atoms with Crippen LogP contribution >= 0.6 is 12.6 Å². The standard InChI is InChI=1S/C15H33NOS/c1-6-14(7-2)16(10-11-17-5)12-15(8-3,9-4)13-18/h14,18H,6-13H2,1-5H3. The highest BCUT2D eigenvalue weighted by Crippen LogP contribution is 2.30. The first-order chi connectivity index (χ1) is 8.62. The van der Waals surface area contributed by atoms with Gasteiger partial charge in [-0.25, -0.2) is 0 Å². The summed E-state index contributed by atoms with van der Waals surface area (Å²) < 4.78 is 5.27. The van der Waals surface area contributed by atoms with E-state index in [1.807, 2.05) is 0 Å². The molecule has 0 aromatic rings. The average molecular weight is 276 g/mol. The molecule has 0 saturated carbocycles. The molecule has 0 N–H and O–H groups in total. The number of methoxy groups -OCH3 is 1. The number of hydrogen-bond acceptors (Lipinski definition) is 3. The zero-order chi connectivity index (χ0) is 14.0. The van der Waals surface area contributed by atoms with Crippen molar-refractivity contribution in [1.29, 1.82) is 0 Å². The maximum atomic E-state index is 5.27. The molecule has 0 radical (unpaired) electrons. The van der Waals surface area contributed by atoms with Crippen LogP contribution < -0.4 is 0 Å². The highest BCUT2D eigenvalue weighted by molar-refractivity contribution is 7.80. The SMILES string of the molecule is CCC(CC)N(CCOC)CC(CC)(CC)CS. The van der Waals surface area contributed by atoms with Crippen molar-refractivity contribution in [2.24, 2.45) is 5.41 Å². The Morgan fingerprint density at radius 1 is 1.11 bits per heavy atom. The van der Waals surface area contributed by atoms with Crippen LogP contribution in [0, 0.1) is 5.41 Å². The molecule has 110 valence electrons. The molecule has 0 unspecified atom stereocenters. The summed E-state index contributed by atoms with van der Waals surface area (Å²) in [6.07, 6.45) is 4.85. The van der Waals surface area contributed by atoms with E-state index in [-0.39, 0.29) is 0 Å². The zero-order valence-electron chi connectivity index (χ0n) is 13.0. The summed E-state index contributed by atoms with van der Waals surface area (Å²) >= 11 is 4.60. The van der Waals surface area contributed by atoms with Crippen LogP contribution in [-0.2, 0) is 4.74 Å². The third-order valence-corrected chi connectivity index (χ3v) is 5.09. The van der Waals surface area contributed by atoms with Gasteiger partial charge < -0.3 is 4.74 Å². The lowest BCUT2D eigenvalue weighted by molar-refractivity contribution is 0.0745. The van der Waals surface area contributed by atoms with E-state index in [0.29, 0.717) is 11.5 Å². The molecule has 0 heterocycles. The largest absolute Gasteiger partial charge is 0.383 e. The Labute approximate surface area is 120 Å². The Morgan fingerprint density at radius 3 is 2.00 bits per heavy atom. The third-order valence-electron chi connectivity index (χ3n) is 4.42. The number of hydrogen-bond donors (Lipinski definition) is 1. The molecule has 0 aromatic heterocycles. The lowest BCUT2D eigenvalue weighted by Gasteiger charge is -2.40. The summed E-state index contributed by atoms with van der Waals surface area (Å²) in [6.45, 7) is 12.2. The summed E-state index contributed by atoms with van der Waals surface area (Å²) in [5, 5.41) is 0. The Hall–Kier alpha value is 0.270. The molecular weight excluding hydrogens is 242 g/mol. The van der Waals surface area contributed by atoms with Crippen LogP contribution in [0.5, 0.6) is 0 Å². The molecule has 0 atom stereocenters. The molecule has 0 aliphatic carbocycles. The van der Waals surface area contributed by atoms with E-state index in [9.17, 15) is 0 Å². The van der Waals surface area contributed by atoms with Crippen LogP contribution in [0.15, 0.2) is 0 Å². The lowest BCUT2D eigenvalue weighted by Crippen LogP contribution is -2.45. The van der Waals surface area contributed by atoms with Gasteiger partial charge in [-0.2, -0.15) is 12.6 Å². The van der Waals surface area contributed by atoms with E-state index in [0.717, 1.165) is 25.4 Å². The van der Waals surface area contributed by atoms with Crippen molar-refractivity contribution in [3.8, 4) is 0 Å². The predicted molar refractivity (Wildman–Crippen MR) is 84.7 cm³/mol. The molecule has 3 heteroatoms. The first-order valence-corrected chi connectivity index (χ1v) is 8.10. The second-order valence-electron chi connectivity index (χ2n) is 5.30. The van der Waals surface area contributed by atoms with Crippen molar-refractivity contribution in [2.75, 3.05) is 32.6 Å². The maximum absolute atomic E-state index is 5.27. The van der Waals surface area contributed by atoms with Gasteiger partial charge in [-0.3, -0.25) is 4.90 Å². The first kappa shape index (κ1) is 18.3. The fourth-order valence-corrected chi connectivity index (χ4v) is 3.13. The van der Waals surface area contributed by atoms with Gasteiger partial charge >= 0.3 is 0 Å². The van der Waals surface area contributed by atoms with Gasteiger partial charge in [0.2, 0.25) is 0 Å². The van der Waals surface area contributed by atoms with Gasteiger partial charge in [0.15, 0.2) is 0 Å². The van der Waals surface area contributed by atoms with Crippen LogP contribution in [-0.4, -0.2) is 43.5 Å². The Balaban J connectivity index is 4.72. The van der Waals surface area contributed by atoms with Crippen LogP contribution in [0.2, 0.25) is 0 Å². The first-order valence-electron chi connectivity index (χ1n) is 7.46. The normalized spacial score (nSPS) is 12.7. The van der Waals surface area contributed by atoms with Gasteiger partial charge in [-0.15, -0.1) is 0 Å². The second kappa shape index (κ2) is 10.1. The highest BCUT2D eigenvalue weighted by Gasteiger charge is 2.29. The quantitative estimate of drug-likeness (QED) is 0.575. The molecule has 18 heavy (non-hydrogen) atoms. The minimum Gasteiger partial charge on any atom is -0.383 e. The van der Waals surface area contributed by atoms with Crippen LogP contribution in [0.4, 0.5) is 0 Å². The molecule has 0 saturated heterocycles. The predicted octanol–water partition coefficient (Wildman–Crippen LogP) is 3.86. The molecular formula is C15H33NOS. The summed E-state index contributed by atoms with van der Waals surface area (Å²) in [6, 6.07) is 0.678. The van der Waals surface area contributed by atoms with Crippen molar-refractivity contribution < 1.29 is 4.74 Å². The fourth-order valence-electron chi connectivity index (χ4n) is 2.58. The summed E-state index contributed by atoms with van der Waals surface area (Å²) in [5.41, 5.74) is 0.361. The molecule has 0 rings (SSSR count). The average Bonchev–Trinajstić information content (AvgIpc) is 2.42. The van der Waals surface area contributed by atoms with Gasteiger partial charge in [-0.05, 0) is 36.9 Å². The van der Waals surface area contributed by atoms with Gasteiger partial charge in [0.05, 0.1) is 6.61 Å². The Kier molecular flexibility index (Phi) is 10.3. The second-order valence-corrected chi connectivity index (χ2v) is 5.62. The Bertz CT molecular complexity index is 183. The monoisotopic (exact) mass is 275 g/mol. The number of ether oxygens (including phenoxy) is 1. The molecule has 0 bridgehead atoms. The minimum atomic E-state index is 0.361. The van der Waals surface area contributed by atoms with Crippen LogP contribution in [0.25, 0.3) is 0 Å². The molecule has 0 amide bonds. The number of nitrogens with zero attached hydrogens (tertiary/aromatic N) is 1. The van der Waals surface area contributed by atoms with Gasteiger partial charge in [0, 0.05) is 26.2 Å². The lowest BCUT2D eigenvalue weighted by atomic mass is 9.83. The molecule has 0 aromatic carbocycles. The molecule has 0 aliphatic heterocycles. The fraction of sp³-hybridized carbons (Fsp3) is 1.00. The van der Waals surface area contributed by atoms with Crippen molar-refractivity contribution in [1.82, 2.24) is 4.90 Å². The molecule has 0 fully saturated rings.